The molecule has 0 radical (unpaired) electrons. The molecule has 2 aliphatic heterocycles. The molecule has 28 heavy (non-hydrogen) atoms. The highest BCUT2D eigenvalue weighted by Crippen LogP contribution is 2.54. The van der Waals surface area contributed by atoms with E-state index in [4.69, 9.17) is 13.9 Å². The van der Waals surface area contributed by atoms with Crippen LogP contribution in [0.15, 0.2) is 34.0 Å². The van der Waals surface area contributed by atoms with Crippen molar-refractivity contribution in [3.8, 4) is 11.5 Å². The Morgan fingerprint density at radius 3 is 2.50 bits per heavy atom. The summed E-state index contributed by atoms with van der Waals surface area (Å²) in [6.45, 7) is 18.1. The summed E-state index contributed by atoms with van der Waals surface area (Å²) >= 11 is 0. The maximum atomic E-state index is 12.9. The summed E-state index contributed by atoms with van der Waals surface area (Å²) in [5.74, 6) is 1.46. The molecule has 4 nitrogen and oxygen atoms in total. The van der Waals surface area contributed by atoms with Crippen molar-refractivity contribution in [3.05, 3.63) is 51.9 Å². The van der Waals surface area contributed by atoms with Crippen LogP contribution in [0.4, 0.5) is 0 Å². The Hall–Kier alpha value is -2.49. The first-order valence-electron chi connectivity index (χ1n) is 9.76. The molecular weight excluding hydrogens is 352 g/mol. The second-order valence-electron chi connectivity index (χ2n) is 9.58. The van der Waals surface area contributed by atoms with E-state index in [9.17, 15) is 4.79 Å². The van der Waals surface area contributed by atoms with Crippen LogP contribution in [-0.2, 0) is 10.8 Å². The summed E-state index contributed by atoms with van der Waals surface area (Å²) in [5, 5.41) is 0.807. The summed E-state index contributed by atoms with van der Waals surface area (Å²) in [4.78, 5) is 12.9. The molecule has 0 saturated heterocycles. The van der Waals surface area contributed by atoms with Crippen LogP contribution >= 0.6 is 0 Å². The number of rotatable bonds is 2. The van der Waals surface area contributed by atoms with E-state index in [0.717, 1.165) is 22.3 Å². The number of fused-ring (bicyclic) bond motifs is 6. The van der Waals surface area contributed by atoms with Gasteiger partial charge >= 0.3 is 5.63 Å². The Morgan fingerprint density at radius 2 is 1.86 bits per heavy atom. The van der Waals surface area contributed by atoms with Crippen LogP contribution in [0.25, 0.3) is 17.0 Å². The van der Waals surface area contributed by atoms with Crippen LogP contribution in [-0.4, -0.2) is 11.7 Å². The minimum absolute atomic E-state index is 0.0462. The standard InChI is InChI=1S/C24H28O4/c1-9-22(3,4)16-12-15-18-14(10-11-23(5,6)28-18)19-17(20(15)27-21(16)25)24(7,8)13(2)26-19/h9-13H,1H2,2-8H3/t13-/m1/s1. The molecule has 4 heteroatoms. The third kappa shape index (κ3) is 2.47. The second kappa shape index (κ2) is 5.53. The highest BCUT2D eigenvalue weighted by molar-refractivity contribution is 5.96. The third-order valence-electron chi connectivity index (χ3n) is 6.31. The lowest BCUT2D eigenvalue weighted by molar-refractivity contribution is 0.158. The molecule has 0 aliphatic carbocycles. The monoisotopic (exact) mass is 380 g/mol. The predicted octanol–water partition coefficient (Wildman–Crippen LogP) is 5.50. The van der Waals surface area contributed by atoms with Gasteiger partial charge in [0, 0.05) is 22.0 Å². The van der Waals surface area contributed by atoms with E-state index in [1.54, 1.807) is 6.08 Å². The zero-order valence-corrected chi connectivity index (χ0v) is 17.7. The Kier molecular flexibility index (Phi) is 3.72. The summed E-state index contributed by atoms with van der Waals surface area (Å²) in [6.07, 6.45) is 5.82. The Morgan fingerprint density at radius 1 is 1.18 bits per heavy atom. The molecule has 148 valence electrons. The van der Waals surface area contributed by atoms with Crippen molar-refractivity contribution in [2.75, 3.05) is 0 Å². The van der Waals surface area contributed by atoms with E-state index in [1.807, 2.05) is 46.8 Å². The van der Waals surface area contributed by atoms with Gasteiger partial charge in [-0.2, -0.15) is 0 Å². The van der Waals surface area contributed by atoms with Gasteiger partial charge in [-0.1, -0.05) is 33.8 Å². The van der Waals surface area contributed by atoms with Gasteiger partial charge in [0.2, 0.25) is 0 Å². The van der Waals surface area contributed by atoms with Crippen molar-refractivity contribution in [2.45, 2.75) is 71.0 Å². The van der Waals surface area contributed by atoms with Gasteiger partial charge in [0.25, 0.3) is 0 Å². The van der Waals surface area contributed by atoms with E-state index in [1.165, 1.54) is 0 Å². The van der Waals surface area contributed by atoms with Crippen molar-refractivity contribution in [1.29, 1.82) is 0 Å². The highest BCUT2D eigenvalue weighted by atomic mass is 16.5. The predicted molar refractivity (Wildman–Crippen MR) is 113 cm³/mol. The summed E-state index contributed by atoms with van der Waals surface area (Å²) in [6, 6.07) is 1.91. The van der Waals surface area contributed by atoms with Gasteiger partial charge in [-0.05, 0) is 39.0 Å². The zero-order valence-electron chi connectivity index (χ0n) is 17.7. The van der Waals surface area contributed by atoms with Crippen molar-refractivity contribution >= 4 is 17.0 Å². The lowest BCUT2D eigenvalue weighted by Crippen LogP contribution is -2.30. The first-order chi connectivity index (χ1) is 12.9. The number of ether oxygens (including phenoxy) is 2. The van der Waals surface area contributed by atoms with Gasteiger partial charge in [-0.25, -0.2) is 4.79 Å². The van der Waals surface area contributed by atoms with Gasteiger partial charge < -0.3 is 13.9 Å². The lowest BCUT2D eigenvalue weighted by Gasteiger charge is -2.30. The molecule has 4 rings (SSSR count). The zero-order chi connectivity index (χ0) is 20.6. The van der Waals surface area contributed by atoms with Crippen molar-refractivity contribution in [3.63, 3.8) is 0 Å². The Balaban J connectivity index is 2.18. The fraction of sp³-hybridized carbons (Fsp3) is 0.458. The van der Waals surface area contributed by atoms with Crippen LogP contribution in [0.1, 0.15) is 65.2 Å². The smallest absolute Gasteiger partial charge is 0.340 e. The fourth-order valence-corrected chi connectivity index (χ4v) is 3.95. The molecule has 0 amide bonds. The molecule has 0 spiro atoms. The van der Waals surface area contributed by atoms with Gasteiger partial charge in [0.1, 0.15) is 28.8 Å². The molecule has 1 atom stereocenters. The summed E-state index contributed by atoms with van der Waals surface area (Å²) in [7, 11) is 0. The highest BCUT2D eigenvalue weighted by Gasteiger charge is 2.45. The molecule has 1 aromatic carbocycles. The SMILES string of the molecule is C=CC(C)(C)c1cc2c3c(c4c(c2oc1=O)C(C)(C)[C@@H](C)O4)C=CC(C)(C)O3. The number of hydrogen-bond donors (Lipinski definition) is 0. The maximum Gasteiger partial charge on any atom is 0.340 e. The van der Waals surface area contributed by atoms with E-state index >= 15 is 0 Å². The molecular formula is C24H28O4. The fourth-order valence-electron chi connectivity index (χ4n) is 3.95. The number of hydrogen-bond acceptors (Lipinski definition) is 4. The normalized spacial score (nSPS) is 21.6. The molecule has 1 aromatic heterocycles. The van der Waals surface area contributed by atoms with Crippen LogP contribution in [0.5, 0.6) is 11.5 Å². The maximum absolute atomic E-state index is 12.9. The van der Waals surface area contributed by atoms with Gasteiger partial charge in [-0.3, -0.25) is 0 Å². The second-order valence-corrected chi connectivity index (χ2v) is 9.58. The van der Waals surface area contributed by atoms with Crippen LogP contribution in [0.2, 0.25) is 0 Å². The molecule has 2 aliphatic rings. The number of benzene rings is 1. The van der Waals surface area contributed by atoms with Crippen molar-refractivity contribution in [1.82, 2.24) is 0 Å². The largest absolute Gasteiger partial charge is 0.489 e. The Labute approximate surface area is 165 Å². The summed E-state index contributed by atoms with van der Waals surface area (Å²) < 4.78 is 18.5. The van der Waals surface area contributed by atoms with Crippen LogP contribution in [0.3, 0.4) is 0 Å². The van der Waals surface area contributed by atoms with E-state index in [2.05, 4.69) is 26.5 Å². The first kappa shape index (κ1) is 18.9. The molecule has 0 bridgehead atoms. The van der Waals surface area contributed by atoms with Gasteiger partial charge in [-0.15, -0.1) is 6.58 Å². The molecule has 0 unspecified atom stereocenters. The molecule has 0 fully saturated rings. The van der Waals surface area contributed by atoms with Crippen molar-refractivity contribution in [2.24, 2.45) is 0 Å². The van der Waals surface area contributed by atoms with Crippen LogP contribution < -0.4 is 15.1 Å². The topological polar surface area (TPSA) is 48.7 Å². The first-order valence-corrected chi connectivity index (χ1v) is 9.76. The van der Waals surface area contributed by atoms with Crippen LogP contribution in [0, 0.1) is 0 Å². The Bertz CT molecular complexity index is 1100. The molecule has 0 N–H and O–H groups in total. The number of allylic oxidation sites excluding steroid dienone is 1. The lowest BCUT2D eigenvalue weighted by atomic mass is 9.79. The van der Waals surface area contributed by atoms with E-state index in [-0.39, 0.29) is 17.1 Å². The minimum atomic E-state index is -0.514. The average Bonchev–Trinajstić information content (AvgIpc) is 2.83. The van der Waals surface area contributed by atoms with Gasteiger partial charge in [0.05, 0.1) is 10.9 Å². The quantitative estimate of drug-likeness (QED) is 0.510. The molecule has 2 aromatic rings. The van der Waals surface area contributed by atoms with Crippen molar-refractivity contribution < 1.29 is 13.9 Å². The third-order valence-corrected chi connectivity index (χ3v) is 6.31. The van der Waals surface area contributed by atoms with Gasteiger partial charge in [0.15, 0.2) is 0 Å². The van der Waals surface area contributed by atoms with E-state index < -0.39 is 11.0 Å². The average molecular weight is 380 g/mol. The molecule has 0 saturated carbocycles. The minimum Gasteiger partial charge on any atom is -0.489 e. The summed E-state index contributed by atoms with van der Waals surface area (Å²) in [5.41, 5.74) is 1.35. The van der Waals surface area contributed by atoms with E-state index in [0.29, 0.717) is 16.9 Å². The molecule has 3 heterocycles.